The van der Waals surface area contributed by atoms with Crippen molar-refractivity contribution in [3.63, 3.8) is 0 Å². The lowest BCUT2D eigenvalue weighted by Crippen LogP contribution is -2.62. The van der Waals surface area contributed by atoms with Crippen molar-refractivity contribution in [2.45, 2.75) is 44.7 Å². The maximum Gasteiger partial charge on any atom is 0.0373 e. The molecular weight excluding hydrogens is 354 g/mol. The molecule has 3 nitrogen and oxygen atoms in total. The minimum atomic E-state index is 0.378. The van der Waals surface area contributed by atoms with Crippen LogP contribution in [0.15, 0.2) is 54.6 Å². The molecule has 2 aromatic carbocycles. The lowest BCUT2D eigenvalue weighted by molar-refractivity contribution is 0.00314. The summed E-state index contributed by atoms with van der Waals surface area (Å²) < 4.78 is 0. The second kappa shape index (κ2) is 7.77. The number of hydrogen-bond donors (Lipinski definition) is 0. The molecule has 4 heterocycles. The van der Waals surface area contributed by atoms with Crippen molar-refractivity contribution >= 4 is 5.69 Å². The molecule has 4 aliphatic rings. The largest absolute Gasteiger partial charge is 0.369 e. The van der Waals surface area contributed by atoms with E-state index in [2.05, 4.69) is 83.1 Å². The van der Waals surface area contributed by atoms with E-state index in [0.717, 1.165) is 19.0 Å². The van der Waals surface area contributed by atoms with E-state index in [9.17, 15) is 0 Å². The van der Waals surface area contributed by atoms with Crippen molar-refractivity contribution in [1.29, 1.82) is 0 Å². The summed E-state index contributed by atoms with van der Waals surface area (Å²) in [5.41, 5.74) is 4.37. The van der Waals surface area contributed by atoms with Crippen LogP contribution >= 0.6 is 0 Å². The van der Waals surface area contributed by atoms with Gasteiger partial charge in [0.15, 0.2) is 0 Å². The molecule has 154 valence electrons. The summed E-state index contributed by atoms with van der Waals surface area (Å²) in [6, 6.07) is 20.5. The zero-order valence-electron chi connectivity index (χ0n) is 18.1. The van der Waals surface area contributed by atoms with E-state index in [1.807, 2.05) is 0 Å². The summed E-state index contributed by atoms with van der Waals surface area (Å²) in [6.07, 6.45) is 4.12. The topological polar surface area (TPSA) is 9.72 Å². The second-order valence-electron chi connectivity index (χ2n) is 9.63. The van der Waals surface area contributed by atoms with Gasteiger partial charge in [0.1, 0.15) is 0 Å². The third-order valence-corrected chi connectivity index (χ3v) is 8.00. The Labute approximate surface area is 176 Å². The maximum atomic E-state index is 2.88. The number of nitrogens with zero attached hydrogens (tertiary/aromatic N) is 3. The molecule has 0 N–H and O–H groups in total. The zero-order valence-corrected chi connectivity index (χ0v) is 18.1. The minimum absolute atomic E-state index is 0.378. The number of anilines is 1. The molecule has 6 rings (SSSR count). The summed E-state index contributed by atoms with van der Waals surface area (Å²) in [4.78, 5) is 8.18. The van der Waals surface area contributed by atoms with E-state index in [1.165, 1.54) is 62.3 Å². The number of rotatable bonds is 3. The summed E-state index contributed by atoms with van der Waals surface area (Å²) in [5.74, 6) is 0.872. The van der Waals surface area contributed by atoms with Gasteiger partial charge in [0, 0.05) is 36.9 Å². The summed E-state index contributed by atoms with van der Waals surface area (Å²) in [6.45, 7) is 12.4. The lowest BCUT2D eigenvalue weighted by Gasteiger charge is -2.53. The molecule has 2 aromatic rings. The van der Waals surface area contributed by atoms with Crippen molar-refractivity contribution in [2.75, 3.05) is 44.2 Å². The molecular formula is C26H35N3. The van der Waals surface area contributed by atoms with Gasteiger partial charge >= 0.3 is 0 Å². The second-order valence-corrected chi connectivity index (χ2v) is 9.63. The number of piperazine rings is 1. The van der Waals surface area contributed by atoms with Gasteiger partial charge in [-0.15, -0.1) is 0 Å². The van der Waals surface area contributed by atoms with Crippen LogP contribution in [-0.4, -0.2) is 60.6 Å². The highest BCUT2D eigenvalue weighted by Gasteiger charge is 2.46. The van der Waals surface area contributed by atoms with Crippen LogP contribution in [0, 0.1) is 5.92 Å². The van der Waals surface area contributed by atoms with E-state index >= 15 is 0 Å². The first kappa shape index (κ1) is 19.1. The molecule has 0 saturated carbocycles. The van der Waals surface area contributed by atoms with E-state index in [4.69, 9.17) is 0 Å². The van der Waals surface area contributed by atoms with Gasteiger partial charge in [-0.1, -0.05) is 42.5 Å². The highest BCUT2D eigenvalue weighted by Crippen LogP contribution is 2.41. The molecule has 29 heavy (non-hydrogen) atoms. The Morgan fingerprint density at radius 2 is 1.59 bits per heavy atom. The monoisotopic (exact) mass is 389 g/mol. The van der Waals surface area contributed by atoms with E-state index < -0.39 is 0 Å². The van der Waals surface area contributed by atoms with Gasteiger partial charge in [-0.3, -0.25) is 4.90 Å². The van der Waals surface area contributed by atoms with Crippen LogP contribution in [0.1, 0.15) is 33.1 Å². The molecule has 0 spiro atoms. The van der Waals surface area contributed by atoms with Crippen LogP contribution in [0.25, 0.3) is 11.1 Å². The Hall–Kier alpha value is -1.84. The fraction of sp³-hybridized carbons (Fsp3) is 0.538. The van der Waals surface area contributed by atoms with Crippen molar-refractivity contribution in [3.8, 4) is 11.1 Å². The van der Waals surface area contributed by atoms with Gasteiger partial charge in [0.05, 0.1) is 0 Å². The molecule has 4 saturated heterocycles. The smallest absolute Gasteiger partial charge is 0.0373 e. The predicted molar refractivity (Wildman–Crippen MR) is 122 cm³/mol. The van der Waals surface area contributed by atoms with E-state index in [1.54, 1.807) is 0 Å². The normalized spacial score (nSPS) is 32.9. The highest BCUT2D eigenvalue weighted by molar-refractivity contribution is 5.68. The number of fused-ring (bicyclic) bond motifs is 4. The third-order valence-electron chi connectivity index (χ3n) is 8.00. The van der Waals surface area contributed by atoms with Gasteiger partial charge in [-0.25, -0.2) is 0 Å². The Morgan fingerprint density at radius 1 is 0.828 bits per heavy atom. The van der Waals surface area contributed by atoms with Crippen LogP contribution in [0.4, 0.5) is 5.69 Å². The summed E-state index contributed by atoms with van der Waals surface area (Å²) in [7, 11) is 0. The molecule has 0 aromatic heterocycles. The maximum absolute atomic E-state index is 2.88. The van der Waals surface area contributed by atoms with Gasteiger partial charge in [-0.2, -0.15) is 0 Å². The molecule has 2 unspecified atom stereocenters. The Kier molecular flexibility index (Phi) is 5.13. The quantitative estimate of drug-likeness (QED) is 0.751. The first-order valence-electron chi connectivity index (χ1n) is 11.5. The van der Waals surface area contributed by atoms with Crippen molar-refractivity contribution < 1.29 is 0 Å². The Morgan fingerprint density at radius 3 is 2.34 bits per heavy atom. The molecule has 0 radical (unpaired) electrons. The van der Waals surface area contributed by atoms with Crippen molar-refractivity contribution in [1.82, 2.24) is 9.80 Å². The number of hydrogen-bond acceptors (Lipinski definition) is 3. The highest BCUT2D eigenvalue weighted by atomic mass is 15.3. The fourth-order valence-corrected chi connectivity index (χ4v) is 6.21. The lowest BCUT2D eigenvalue weighted by atomic mass is 9.76. The molecule has 2 bridgehead atoms. The van der Waals surface area contributed by atoms with Crippen LogP contribution in [0.2, 0.25) is 0 Å². The fourth-order valence-electron chi connectivity index (χ4n) is 6.21. The van der Waals surface area contributed by atoms with Gasteiger partial charge < -0.3 is 9.80 Å². The average Bonchev–Trinajstić information content (AvgIpc) is 3.04. The number of piperidine rings is 1. The first-order chi connectivity index (χ1) is 14.1. The van der Waals surface area contributed by atoms with Crippen LogP contribution in [-0.2, 0) is 0 Å². The molecule has 0 amide bonds. The molecule has 4 fully saturated rings. The van der Waals surface area contributed by atoms with E-state index in [0.29, 0.717) is 11.6 Å². The molecule has 4 aliphatic heterocycles. The summed E-state index contributed by atoms with van der Waals surface area (Å²) in [5, 5.41) is 0. The van der Waals surface area contributed by atoms with Crippen LogP contribution in [0.3, 0.4) is 0 Å². The van der Waals surface area contributed by atoms with Gasteiger partial charge in [0.2, 0.25) is 0 Å². The standard InChI is InChI=1S/C26H35N3/c1-21-20-28(25-10-6-9-23(19-25)22-7-4-3-5-8-22)17-18-29(21)26(2)13-16-27-14-11-24(26)12-15-27/h3-10,19,21,24H,11-18,20H2,1-2H3. The number of benzene rings is 2. The SMILES string of the molecule is CC1CN(c2cccc(-c3ccccc3)c2)CCN1C1(C)CCN2CCC1CC2. The predicted octanol–water partition coefficient (Wildman–Crippen LogP) is 4.74. The summed E-state index contributed by atoms with van der Waals surface area (Å²) >= 11 is 0. The molecule has 2 atom stereocenters. The van der Waals surface area contributed by atoms with Crippen molar-refractivity contribution in [2.24, 2.45) is 5.92 Å². The minimum Gasteiger partial charge on any atom is -0.369 e. The molecule has 0 aliphatic carbocycles. The Bertz CT molecular complexity index is 827. The van der Waals surface area contributed by atoms with E-state index in [-0.39, 0.29) is 0 Å². The zero-order chi connectivity index (χ0) is 19.8. The Balaban J connectivity index is 1.33. The van der Waals surface area contributed by atoms with Gasteiger partial charge in [0.25, 0.3) is 0 Å². The van der Waals surface area contributed by atoms with Crippen LogP contribution in [0.5, 0.6) is 0 Å². The van der Waals surface area contributed by atoms with Gasteiger partial charge in [-0.05, 0) is 81.9 Å². The third kappa shape index (κ3) is 3.60. The first-order valence-corrected chi connectivity index (χ1v) is 11.5. The van der Waals surface area contributed by atoms with Crippen LogP contribution < -0.4 is 4.90 Å². The molecule has 3 heteroatoms. The van der Waals surface area contributed by atoms with Crippen molar-refractivity contribution in [3.05, 3.63) is 54.6 Å². The average molecular weight is 390 g/mol.